The standard InChI is InChI=1S/C14H17Cl2N3O2S/c1-9(2)13-6-11(7-19(13)8-17)18-22(20,21)14-5-10(15)3-4-12(14)16/h3-5,9,11,13,18H,6-7H2,1-2H3. The van der Waals surface area contributed by atoms with Crippen LogP contribution in [-0.4, -0.2) is 31.9 Å². The average Bonchev–Trinajstić information content (AvgIpc) is 2.83. The number of hydrogen-bond acceptors (Lipinski definition) is 4. The second-order valence-electron chi connectivity index (χ2n) is 5.69. The SMILES string of the molecule is CC(C)C1CC(NS(=O)(=O)c2cc(Cl)ccc2Cl)CN1C#N. The molecule has 2 rings (SSSR count). The molecule has 0 spiro atoms. The highest BCUT2D eigenvalue weighted by Gasteiger charge is 2.36. The van der Waals surface area contributed by atoms with Crippen LogP contribution in [-0.2, 0) is 10.0 Å². The van der Waals surface area contributed by atoms with Gasteiger partial charge in [-0.1, -0.05) is 37.0 Å². The minimum absolute atomic E-state index is 0.0348. The molecule has 1 aliphatic rings. The summed E-state index contributed by atoms with van der Waals surface area (Å²) in [5.41, 5.74) is 0. The first kappa shape index (κ1) is 17.4. The van der Waals surface area contributed by atoms with Crippen LogP contribution in [0.5, 0.6) is 0 Å². The molecule has 1 heterocycles. The third-order valence-electron chi connectivity index (χ3n) is 3.75. The molecule has 0 aromatic heterocycles. The normalized spacial score (nSPS) is 22.1. The molecule has 120 valence electrons. The van der Waals surface area contributed by atoms with Gasteiger partial charge in [0, 0.05) is 23.7 Å². The maximum absolute atomic E-state index is 12.5. The fourth-order valence-corrected chi connectivity index (χ4v) is 4.67. The fraction of sp³-hybridized carbons (Fsp3) is 0.500. The number of hydrogen-bond donors (Lipinski definition) is 1. The highest BCUT2D eigenvalue weighted by atomic mass is 35.5. The summed E-state index contributed by atoms with van der Waals surface area (Å²) in [4.78, 5) is 1.58. The van der Waals surface area contributed by atoms with Gasteiger partial charge in [-0.25, -0.2) is 13.1 Å². The lowest BCUT2D eigenvalue weighted by Crippen LogP contribution is -2.36. The fourth-order valence-electron chi connectivity index (χ4n) is 2.66. The van der Waals surface area contributed by atoms with Crippen LogP contribution >= 0.6 is 23.2 Å². The van der Waals surface area contributed by atoms with Gasteiger partial charge in [-0.05, 0) is 30.5 Å². The van der Waals surface area contributed by atoms with E-state index in [1.165, 1.54) is 18.2 Å². The Bertz CT molecular complexity index is 701. The second kappa shape index (κ2) is 6.63. The molecular weight excluding hydrogens is 345 g/mol. The lowest BCUT2D eigenvalue weighted by Gasteiger charge is -2.21. The highest BCUT2D eigenvalue weighted by Crippen LogP contribution is 2.28. The second-order valence-corrected chi connectivity index (χ2v) is 8.22. The van der Waals surface area contributed by atoms with Gasteiger partial charge in [-0.2, -0.15) is 5.26 Å². The van der Waals surface area contributed by atoms with Crippen molar-refractivity contribution in [2.75, 3.05) is 6.54 Å². The molecule has 8 heteroatoms. The van der Waals surface area contributed by atoms with E-state index in [0.717, 1.165) is 0 Å². The first-order valence-electron chi connectivity index (χ1n) is 6.88. The van der Waals surface area contributed by atoms with Crippen molar-refractivity contribution >= 4 is 33.2 Å². The first-order chi connectivity index (χ1) is 10.2. The van der Waals surface area contributed by atoms with E-state index in [-0.39, 0.29) is 27.9 Å². The molecule has 1 fully saturated rings. The summed E-state index contributed by atoms with van der Waals surface area (Å²) >= 11 is 11.8. The van der Waals surface area contributed by atoms with Gasteiger partial charge in [0.05, 0.1) is 5.02 Å². The van der Waals surface area contributed by atoms with Crippen LogP contribution in [0, 0.1) is 17.4 Å². The lowest BCUT2D eigenvalue weighted by molar-refractivity contribution is 0.291. The Kier molecular flexibility index (Phi) is 5.23. The van der Waals surface area contributed by atoms with Gasteiger partial charge in [0.25, 0.3) is 0 Å². The Morgan fingerprint density at radius 3 is 2.64 bits per heavy atom. The van der Waals surface area contributed by atoms with E-state index >= 15 is 0 Å². The van der Waals surface area contributed by atoms with Crippen molar-refractivity contribution in [3.05, 3.63) is 28.2 Å². The van der Waals surface area contributed by atoms with Gasteiger partial charge in [0.1, 0.15) is 4.90 Å². The molecule has 0 aliphatic carbocycles. The molecule has 2 unspecified atom stereocenters. The van der Waals surface area contributed by atoms with Gasteiger partial charge in [-0.3, -0.25) is 0 Å². The predicted molar refractivity (Wildman–Crippen MR) is 86.1 cm³/mol. The third kappa shape index (κ3) is 3.66. The van der Waals surface area contributed by atoms with E-state index < -0.39 is 10.0 Å². The molecule has 1 N–H and O–H groups in total. The summed E-state index contributed by atoms with van der Waals surface area (Å²) in [5, 5.41) is 9.58. The molecule has 1 aliphatic heterocycles. The minimum atomic E-state index is -3.78. The monoisotopic (exact) mass is 361 g/mol. The van der Waals surface area contributed by atoms with Crippen LogP contribution in [0.1, 0.15) is 20.3 Å². The van der Waals surface area contributed by atoms with Crippen molar-refractivity contribution in [3.8, 4) is 6.19 Å². The van der Waals surface area contributed by atoms with Crippen molar-refractivity contribution in [2.45, 2.75) is 37.2 Å². The Hall–Kier alpha value is -1.00. The molecular formula is C14H17Cl2N3O2S. The van der Waals surface area contributed by atoms with E-state index in [2.05, 4.69) is 10.9 Å². The van der Waals surface area contributed by atoms with E-state index in [1.807, 2.05) is 13.8 Å². The Morgan fingerprint density at radius 2 is 2.09 bits per heavy atom. The molecule has 0 bridgehead atoms. The zero-order valence-corrected chi connectivity index (χ0v) is 14.6. The Morgan fingerprint density at radius 1 is 1.41 bits per heavy atom. The maximum Gasteiger partial charge on any atom is 0.242 e. The molecule has 0 amide bonds. The number of nitrogens with one attached hydrogen (secondary N) is 1. The number of nitriles is 1. The summed E-state index contributed by atoms with van der Waals surface area (Å²) in [5.74, 6) is 0.268. The largest absolute Gasteiger partial charge is 0.306 e. The van der Waals surface area contributed by atoms with E-state index in [4.69, 9.17) is 28.5 Å². The molecule has 0 radical (unpaired) electrons. The van der Waals surface area contributed by atoms with Crippen molar-refractivity contribution in [2.24, 2.45) is 5.92 Å². The average molecular weight is 362 g/mol. The van der Waals surface area contributed by atoms with Gasteiger partial charge in [0.15, 0.2) is 6.19 Å². The van der Waals surface area contributed by atoms with Crippen molar-refractivity contribution < 1.29 is 8.42 Å². The van der Waals surface area contributed by atoms with Crippen LogP contribution in [0.2, 0.25) is 10.0 Å². The molecule has 1 aromatic rings. The maximum atomic E-state index is 12.5. The van der Waals surface area contributed by atoms with Crippen LogP contribution in [0.15, 0.2) is 23.1 Å². The van der Waals surface area contributed by atoms with E-state index in [9.17, 15) is 8.42 Å². The molecule has 1 saturated heterocycles. The highest BCUT2D eigenvalue weighted by molar-refractivity contribution is 7.89. The summed E-state index contributed by atoms with van der Waals surface area (Å²) < 4.78 is 27.6. The number of likely N-dealkylation sites (tertiary alicyclic amines) is 1. The van der Waals surface area contributed by atoms with Gasteiger partial charge < -0.3 is 4.90 Å². The third-order valence-corrected chi connectivity index (χ3v) is 5.98. The number of nitrogens with zero attached hydrogens (tertiary/aromatic N) is 2. The molecule has 2 atom stereocenters. The lowest BCUT2D eigenvalue weighted by atomic mass is 10.0. The zero-order chi connectivity index (χ0) is 16.5. The Labute approximate surface area is 140 Å². The molecule has 0 saturated carbocycles. The van der Waals surface area contributed by atoms with Gasteiger partial charge in [-0.15, -0.1) is 0 Å². The summed E-state index contributed by atoms with van der Waals surface area (Å²) in [7, 11) is -3.78. The van der Waals surface area contributed by atoms with E-state index in [1.54, 1.807) is 4.90 Å². The van der Waals surface area contributed by atoms with E-state index in [0.29, 0.717) is 18.0 Å². The predicted octanol–water partition coefficient (Wildman–Crippen LogP) is 2.85. The topological polar surface area (TPSA) is 73.2 Å². The number of sulfonamides is 1. The van der Waals surface area contributed by atoms with Crippen molar-refractivity contribution in [1.82, 2.24) is 9.62 Å². The van der Waals surface area contributed by atoms with Crippen LogP contribution in [0.4, 0.5) is 0 Å². The molecule has 22 heavy (non-hydrogen) atoms. The zero-order valence-electron chi connectivity index (χ0n) is 12.3. The van der Waals surface area contributed by atoms with Gasteiger partial charge in [0.2, 0.25) is 10.0 Å². The molecule has 5 nitrogen and oxygen atoms in total. The summed E-state index contributed by atoms with van der Waals surface area (Å²) in [6.45, 7) is 4.39. The number of rotatable bonds is 4. The number of benzene rings is 1. The minimum Gasteiger partial charge on any atom is -0.306 e. The van der Waals surface area contributed by atoms with Crippen molar-refractivity contribution in [1.29, 1.82) is 5.26 Å². The van der Waals surface area contributed by atoms with Crippen LogP contribution in [0.3, 0.4) is 0 Å². The first-order valence-corrected chi connectivity index (χ1v) is 9.12. The van der Waals surface area contributed by atoms with Gasteiger partial charge >= 0.3 is 0 Å². The Balaban J connectivity index is 2.20. The van der Waals surface area contributed by atoms with Crippen LogP contribution < -0.4 is 4.72 Å². The smallest absolute Gasteiger partial charge is 0.242 e. The molecule has 1 aromatic carbocycles. The quantitative estimate of drug-likeness (QED) is 0.836. The number of halogens is 2. The summed E-state index contributed by atoms with van der Waals surface area (Å²) in [6.07, 6.45) is 2.71. The van der Waals surface area contributed by atoms with Crippen LogP contribution in [0.25, 0.3) is 0 Å². The summed E-state index contributed by atoms with van der Waals surface area (Å²) in [6, 6.07) is 4.01. The van der Waals surface area contributed by atoms with Crippen molar-refractivity contribution in [3.63, 3.8) is 0 Å².